The van der Waals surface area contributed by atoms with Gasteiger partial charge in [0.05, 0.1) is 17.6 Å². The maximum Gasteiger partial charge on any atom is 0.226 e. The van der Waals surface area contributed by atoms with E-state index < -0.39 is 17.5 Å². The number of hydrogen-bond donors (Lipinski definition) is 2. The third-order valence-electron chi connectivity index (χ3n) is 3.86. The van der Waals surface area contributed by atoms with Crippen LogP contribution in [-0.4, -0.2) is 17.1 Å². The number of amides is 1. The van der Waals surface area contributed by atoms with Gasteiger partial charge in [-0.1, -0.05) is 17.7 Å². The second-order valence-corrected chi connectivity index (χ2v) is 6.25. The molecule has 1 aromatic carbocycles. The van der Waals surface area contributed by atoms with Crippen molar-refractivity contribution in [1.82, 2.24) is 5.32 Å². The van der Waals surface area contributed by atoms with Crippen LogP contribution in [0.5, 0.6) is 0 Å². The molecule has 2 rings (SSSR count). The first kappa shape index (κ1) is 15.3. The average molecular weight is 300 g/mol. The molecule has 1 saturated carbocycles. The molecule has 1 fully saturated rings. The maximum atomic E-state index is 13.1. The predicted molar refractivity (Wildman–Crippen MR) is 75.9 cm³/mol. The molecule has 0 spiro atoms. The lowest BCUT2D eigenvalue weighted by Gasteiger charge is -2.30. The van der Waals surface area contributed by atoms with Gasteiger partial charge in [0.2, 0.25) is 5.91 Å². The highest BCUT2D eigenvalue weighted by Gasteiger charge is 2.35. The molecule has 1 aromatic rings. The van der Waals surface area contributed by atoms with E-state index in [-0.39, 0.29) is 16.8 Å². The minimum atomic E-state index is -0.718. The first-order chi connectivity index (χ1) is 9.31. The van der Waals surface area contributed by atoms with E-state index in [1.54, 1.807) is 6.07 Å². The van der Waals surface area contributed by atoms with Gasteiger partial charge in [-0.05, 0) is 50.8 Å². The first-order valence-corrected chi connectivity index (χ1v) is 7.14. The lowest BCUT2D eigenvalue weighted by molar-refractivity contribution is -0.129. The fourth-order valence-electron chi connectivity index (χ4n) is 2.71. The van der Waals surface area contributed by atoms with E-state index in [2.05, 4.69) is 5.32 Å². The number of hydrogen-bond acceptors (Lipinski definition) is 2. The van der Waals surface area contributed by atoms with Crippen LogP contribution < -0.4 is 5.32 Å². The monoisotopic (exact) mass is 299 g/mol. The summed E-state index contributed by atoms with van der Waals surface area (Å²) in [6, 6.07) is 4.12. The highest BCUT2D eigenvalue weighted by Crippen LogP contribution is 2.31. The van der Waals surface area contributed by atoms with Crippen LogP contribution in [0, 0.1) is 11.7 Å². The molecule has 1 amide bonds. The molecule has 5 heteroatoms. The second kappa shape index (κ2) is 5.70. The number of carbonyl (C=O) groups is 1. The van der Waals surface area contributed by atoms with Gasteiger partial charge in [0, 0.05) is 5.02 Å². The van der Waals surface area contributed by atoms with Gasteiger partial charge in [-0.25, -0.2) is 4.39 Å². The molecule has 20 heavy (non-hydrogen) atoms. The van der Waals surface area contributed by atoms with Crippen LogP contribution in [0.2, 0.25) is 5.02 Å². The van der Waals surface area contributed by atoms with E-state index in [9.17, 15) is 14.3 Å². The summed E-state index contributed by atoms with van der Waals surface area (Å²) in [5.41, 5.74) is -0.0640. The number of aliphatic hydroxyl groups excluding tert-OH is 1. The van der Waals surface area contributed by atoms with Crippen LogP contribution >= 0.6 is 11.6 Å². The summed E-state index contributed by atoms with van der Waals surface area (Å²) in [4.78, 5) is 12.2. The smallest absolute Gasteiger partial charge is 0.226 e. The SMILES string of the molecule is CC(C)(NC(=O)C1CCCC1O)c1ccc(F)cc1Cl. The topological polar surface area (TPSA) is 49.3 Å². The van der Waals surface area contributed by atoms with Crippen molar-refractivity contribution in [3.8, 4) is 0 Å². The number of rotatable bonds is 3. The molecule has 1 aliphatic carbocycles. The molecule has 110 valence electrons. The maximum absolute atomic E-state index is 13.1. The molecule has 3 nitrogen and oxygen atoms in total. The van der Waals surface area contributed by atoms with Gasteiger partial charge in [0.25, 0.3) is 0 Å². The first-order valence-electron chi connectivity index (χ1n) is 6.77. The quantitative estimate of drug-likeness (QED) is 0.901. The molecular weight excluding hydrogens is 281 g/mol. The standard InChI is InChI=1S/C15H19ClFNO2/c1-15(2,11-7-6-9(17)8-12(11)16)18-14(20)10-4-3-5-13(10)19/h6-8,10,13,19H,3-5H2,1-2H3,(H,18,20). The van der Waals surface area contributed by atoms with Crippen molar-refractivity contribution >= 4 is 17.5 Å². The van der Waals surface area contributed by atoms with Crippen molar-refractivity contribution in [1.29, 1.82) is 0 Å². The van der Waals surface area contributed by atoms with Crippen molar-refractivity contribution in [2.45, 2.75) is 44.8 Å². The largest absolute Gasteiger partial charge is 0.392 e. The van der Waals surface area contributed by atoms with Gasteiger partial charge in [-0.15, -0.1) is 0 Å². The lowest BCUT2D eigenvalue weighted by atomic mass is 9.92. The van der Waals surface area contributed by atoms with E-state index >= 15 is 0 Å². The summed E-state index contributed by atoms with van der Waals surface area (Å²) in [6.07, 6.45) is 1.64. The zero-order chi connectivity index (χ0) is 14.9. The Labute approximate surface area is 123 Å². The van der Waals surface area contributed by atoms with E-state index in [1.807, 2.05) is 13.8 Å². The minimum Gasteiger partial charge on any atom is -0.392 e. The zero-order valence-electron chi connectivity index (χ0n) is 11.6. The van der Waals surface area contributed by atoms with Crippen molar-refractivity contribution in [2.24, 2.45) is 5.92 Å². The molecular formula is C15H19ClFNO2. The molecule has 0 aromatic heterocycles. The second-order valence-electron chi connectivity index (χ2n) is 5.84. The Morgan fingerprint density at radius 3 is 2.70 bits per heavy atom. The summed E-state index contributed by atoms with van der Waals surface area (Å²) in [6.45, 7) is 3.62. The van der Waals surface area contributed by atoms with Gasteiger partial charge in [-0.2, -0.15) is 0 Å². The fraction of sp³-hybridized carbons (Fsp3) is 0.533. The summed E-state index contributed by atoms with van der Waals surface area (Å²) >= 11 is 6.05. The van der Waals surface area contributed by atoms with Gasteiger partial charge >= 0.3 is 0 Å². The highest BCUT2D eigenvalue weighted by molar-refractivity contribution is 6.31. The summed E-state index contributed by atoms with van der Waals surface area (Å²) in [5.74, 6) is -0.957. The summed E-state index contributed by atoms with van der Waals surface area (Å²) in [5, 5.41) is 13.0. The molecule has 2 atom stereocenters. The molecule has 2 N–H and O–H groups in total. The number of halogens is 2. The van der Waals surface area contributed by atoms with E-state index in [0.29, 0.717) is 18.4 Å². The van der Waals surface area contributed by atoms with Crippen LogP contribution in [-0.2, 0) is 10.3 Å². The summed E-state index contributed by atoms with van der Waals surface area (Å²) in [7, 11) is 0. The van der Waals surface area contributed by atoms with Crippen LogP contribution in [0.15, 0.2) is 18.2 Å². The van der Waals surface area contributed by atoms with Crippen molar-refractivity contribution < 1.29 is 14.3 Å². The Kier molecular flexibility index (Phi) is 4.35. The third kappa shape index (κ3) is 3.13. The minimum absolute atomic E-state index is 0.180. The van der Waals surface area contributed by atoms with Crippen molar-refractivity contribution in [3.05, 3.63) is 34.6 Å². The molecule has 2 unspecified atom stereocenters. The van der Waals surface area contributed by atoms with Crippen LogP contribution in [0.4, 0.5) is 4.39 Å². The fourth-order valence-corrected chi connectivity index (χ4v) is 3.11. The van der Waals surface area contributed by atoms with E-state index in [4.69, 9.17) is 11.6 Å². The Hall–Kier alpha value is -1.13. The van der Waals surface area contributed by atoms with Crippen molar-refractivity contribution in [3.63, 3.8) is 0 Å². The lowest BCUT2D eigenvalue weighted by Crippen LogP contribution is -2.45. The van der Waals surface area contributed by atoms with Crippen LogP contribution in [0.3, 0.4) is 0 Å². The van der Waals surface area contributed by atoms with E-state index in [0.717, 1.165) is 6.42 Å². The van der Waals surface area contributed by atoms with Crippen LogP contribution in [0.1, 0.15) is 38.7 Å². The van der Waals surface area contributed by atoms with Gasteiger partial charge < -0.3 is 10.4 Å². The molecule has 0 radical (unpaired) electrons. The zero-order valence-corrected chi connectivity index (χ0v) is 12.4. The molecule has 0 saturated heterocycles. The average Bonchev–Trinajstić information content (AvgIpc) is 2.74. The van der Waals surface area contributed by atoms with E-state index in [1.165, 1.54) is 12.1 Å². The molecule has 0 bridgehead atoms. The summed E-state index contributed by atoms with van der Waals surface area (Å²) < 4.78 is 13.1. The Morgan fingerprint density at radius 2 is 2.15 bits per heavy atom. The molecule has 0 aliphatic heterocycles. The Morgan fingerprint density at radius 1 is 1.45 bits per heavy atom. The van der Waals surface area contributed by atoms with Crippen LogP contribution in [0.25, 0.3) is 0 Å². The van der Waals surface area contributed by atoms with Gasteiger partial charge in [0.15, 0.2) is 0 Å². The van der Waals surface area contributed by atoms with Gasteiger partial charge in [-0.3, -0.25) is 4.79 Å². The molecule has 1 aliphatic rings. The Bertz CT molecular complexity index is 519. The van der Waals surface area contributed by atoms with Crippen molar-refractivity contribution in [2.75, 3.05) is 0 Å². The number of nitrogens with one attached hydrogen (secondary N) is 1. The Balaban J connectivity index is 2.16. The number of carbonyl (C=O) groups excluding carboxylic acids is 1. The number of aliphatic hydroxyl groups is 1. The third-order valence-corrected chi connectivity index (χ3v) is 4.17. The number of benzene rings is 1. The predicted octanol–water partition coefficient (Wildman–Crippen LogP) is 2.99. The van der Waals surface area contributed by atoms with Gasteiger partial charge in [0.1, 0.15) is 5.82 Å². The normalized spacial score (nSPS) is 22.9. The molecule has 0 heterocycles. The highest BCUT2D eigenvalue weighted by atomic mass is 35.5.